The van der Waals surface area contributed by atoms with Crippen molar-refractivity contribution in [2.45, 2.75) is 48.2 Å². The van der Waals surface area contributed by atoms with E-state index in [1.807, 2.05) is 0 Å². The van der Waals surface area contributed by atoms with Crippen molar-refractivity contribution in [3.05, 3.63) is 35.9 Å². The van der Waals surface area contributed by atoms with Crippen molar-refractivity contribution in [1.29, 1.82) is 0 Å². The molecule has 13 heteroatoms. The molecule has 1 aromatic rings. The van der Waals surface area contributed by atoms with Gasteiger partial charge in [0.05, 0.1) is 6.04 Å². The molecule has 1 aromatic carbocycles. The predicted molar refractivity (Wildman–Crippen MR) is 71.6 cm³/mol. The van der Waals surface area contributed by atoms with E-state index >= 15 is 0 Å². The maximum absolute atomic E-state index is 14.5. The van der Waals surface area contributed by atoms with Crippen molar-refractivity contribution in [3.8, 4) is 0 Å². The second kappa shape index (κ2) is 5.96. The first-order chi connectivity index (χ1) is 12.4. The molecule has 1 amide bonds. The van der Waals surface area contributed by atoms with E-state index in [1.165, 1.54) is 30.3 Å². The summed E-state index contributed by atoms with van der Waals surface area (Å²) in [5, 5.41) is 1.14. The van der Waals surface area contributed by atoms with Crippen LogP contribution in [0.2, 0.25) is 0 Å². The van der Waals surface area contributed by atoms with Crippen molar-refractivity contribution < 1.29 is 53.1 Å². The molecular formula is C15H10F11NO. The molecule has 1 atom stereocenters. The van der Waals surface area contributed by atoms with Gasteiger partial charge in [-0.05, 0) is 12.5 Å². The van der Waals surface area contributed by atoms with Crippen LogP contribution in [-0.2, 0) is 4.79 Å². The molecule has 1 fully saturated rings. The van der Waals surface area contributed by atoms with Crippen LogP contribution in [0.25, 0.3) is 0 Å². The van der Waals surface area contributed by atoms with Crippen molar-refractivity contribution in [1.82, 2.24) is 5.32 Å². The molecule has 1 N–H and O–H groups in total. The summed E-state index contributed by atoms with van der Waals surface area (Å²) >= 11 is 0. The van der Waals surface area contributed by atoms with Gasteiger partial charge in [-0.25, -0.2) is 4.39 Å². The topological polar surface area (TPSA) is 29.1 Å². The highest BCUT2D eigenvalue weighted by molar-refractivity contribution is 5.89. The number of amides is 1. The van der Waals surface area contributed by atoms with Crippen LogP contribution in [0.3, 0.4) is 0 Å². The molecule has 0 heterocycles. The third-order valence-electron chi connectivity index (χ3n) is 4.40. The molecule has 2 rings (SSSR count). The van der Waals surface area contributed by atoms with Crippen molar-refractivity contribution >= 4 is 5.91 Å². The van der Waals surface area contributed by atoms with Crippen LogP contribution in [0.15, 0.2) is 30.3 Å². The molecule has 0 aliphatic heterocycles. The minimum atomic E-state index is -7.35. The quantitative estimate of drug-likeness (QED) is 0.690. The molecule has 0 aromatic heterocycles. The molecule has 1 aliphatic rings. The second-order valence-corrected chi connectivity index (χ2v) is 6.14. The highest BCUT2D eigenvalue weighted by atomic mass is 19.4. The Morgan fingerprint density at radius 2 is 1.07 bits per heavy atom. The van der Waals surface area contributed by atoms with Crippen molar-refractivity contribution in [2.24, 2.45) is 0 Å². The van der Waals surface area contributed by atoms with Gasteiger partial charge in [0, 0.05) is 0 Å². The first kappa shape index (κ1) is 22.2. The monoisotopic (exact) mass is 429 g/mol. The number of carbonyl (C=O) groups is 1. The number of hydrogen-bond donors (Lipinski definition) is 1. The molecular weight excluding hydrogens is 419 g/mol. The van der Waals surface area contributed by atoms with E-state index in [9.17, 15) is 53.1 Å². The smallest absolute Gasteiger partial charge is 0.346 e. The molecule has 2 nitrogen and oxygen atoms in total. The highest BCUT2D eigenvalue weighted by Crippen LogP contribution is 2.69. The molecule has 0 unspecified atom stereocenters. The van der Waals surface area contributed by atoms with Gasteiger partial charge in [0.1, 0.15) is 0 Å². The van der Waals surface area contributed by atoms with Gasteiger partial charge in [-0.1, -0.05) is 30.3 Å². The zero-order valence-electron chi connectivity index (χ0n) is 13.5. The normalized spacial score (nSPS) is 26.9. The minimum absolute atomic E-state index is 0.0363. The van der Waals surface area contributed by atoms with Crippen LogP contribution in [0, 0.1) is 0 Å². The van der Waals surface area contributed by atoms with Crippen LogP contribution in [-0.4, -0.2) is 41.2 Å². The Labute approximate surface area is 149 Å². The molecule has 1 saturated carbocycles. The SMILES string of the molecule is C[C@@H](NC(=O)C1(F)C(F)(F)C(F)(F)C(F)(F)C(F)(F)C1(F)F)c1ccccc1. The van der Waals surface area contributed by atoms with Gasteiger partial charge >= 0.3 is 35.3 Å². The maximum atomic E-state index is 14.5. The average molecular weight is 429 g/mol. The van der Waals surface area contributed by atoms with E-state index in [1.54, 1.807) is 0 Å². The summed E-state index contributed by atoms with van der Waals surface area (Å²) in [6.45, 7) is 0.903. The van der Waals surface area contributed by atoms with E-state index in [4.69, 9.17) is 0 Å². The van der Waals surface area contributed by atoms with Crippen LogP contribution < -0.4 is 5.32 Å². The number of rotatable bonds is 3. The Balaban J connectivity index is 2.60. The van der Waals surface area contributed by atoms with Crippen molar-refractivity contribution in [2.75, 3.05) is 0 Å². The maximum Gasteiger partial charge on any atom is 0.384 e. The Bertz CT molecular complexity index is 733. The summed E-state index contributed by atoms with van der Waals surface area (Å²) in [6.07, 6.45) is 0. The van der Waals surface area contributed by atoms with Crippen LogP contribution >= 0.6 is 0 Å². The van der Waals surface area contributed by atoms with E-state index in [0.29, 0.717) is 0 Å². The average Bonchev–Trinajstić information content (AvgIpc) is 2.59. The molecule has 158 valence electrons. The van der Waals surface area contributed by atoms with E-state index < -0.39 is 47.2 Å². The number of hydrogen-bond acceptors (Lipinski definition) is 1. The third-order valence-corrected chi connectivity index (χ3v) is 4.40. The number of nitrogens with one attached hydrogen (secondary N) is 1. The fourth-order valence-electron chi connectivity index (χ4n) is 2.63. The summed E-state index contributed by atoms with van der Waals surface area (Å²) in [4.78, 5) is 11.8. The van der Waals surface area contributed by atoms with Gasteiger partial charge < -0.3 is 5.32 Å². The van der Waals surface area contributed by atoms with Gasteiger partial charge in [0.15, 0.2) is 0 Å². The first-order valence-corrected chi connectivity index (χ1v) is 7.35. The molecule has 0 spiro atoms. The van der Waals surface area contributed by atoms with Gasteiger partial charge in [-0.2, -0.15) is 43.9 Å². The minimum Gasteiger partial charge on any atom is -0.346 e. The fourth-order valence-corrected chi connectivity index (χ4v) is 2.63. The number of halogens is 11. The Hall–Kier alpha value is -2.08. The number of carbonyl (C=O) groups excluding carboxylic acids is 1. The summed E-state index contributed by atoms with van der Waals surface area (Å²) < 4.78 is 149. The summed E-state index contributed by atoms with van der Waals surface area (Å²) in [5.74, 6) is -39.6. The van der Waals surface area contributed by atoms with Crippen molar-refractivity contribution in [3.63, 3.8) is 0 Å². The first-order valence-electron chi connectivity index (χ1n) is 7.35. The summed E-state index contributed by atoms with van der Waals surface area (Å²) in [7, 11) is 0. The van der Waals surface area contributed by atoms with E-state index in [2.05, 4.69) is 0 Å². The van der Waals surface area contributed by atoms with Crippen LogP contribution in [0.5, 0.6) is 0 Å². The van der Waals surface area contributed by atoms with E-state index in [0.717, 1.165) is 12.2 Å². The lowest BCUT2D eigenvalue weighted by atomic mass is 9.71. The Kier molecular flexibility index (Phi) is 4.73. The zero-order chi connectivity index (χ0) is 22.0. The third kappa shape index (κ3) is 2.30. The van der Waals surface area contributed by atoms with Gasteiger partial charge in [0.2, 0.25) is 0 Å². The second-order valence-electron chi connectivity index (χ2n) is 6.14. The number of benzene rings is 1. The molecule has 28 heavy (non-hydrogen) atoms. The molecule has 0 saturated heterocycles. The fraction of sp³-hybridized carbons (Fsp3) is 0.533. The summed E-state index contributed by atoms with van der Waals surface area (Å²) in [5.41, 5.74) is -6.72. The summed E-state index contributed by atoms with van der Waals surface area (Å²) in [6, 6.07) is 4.76. The lowest BCUT2D eigenvalue weighted by Crippen LogP contribution is -2.86. The standard InChI is InChI=1S/C15H10F11NO/c1-7(8-5-3-2-4-6-8)27-9(28)10(16)11(17,18)13(21,22)15(25,26)14(23,24)12(10,19)20/h2-7H,1H3,(H,27,28)/t7-/m1/s1. The van der Waals surface area contributed by atoms with Crippen LogP contribution in [0.4, 0.5) is 48.3 Å². The molecule has 1 aliphatic carbocycles. The van der Waals surface area contributed by atoms with E-state index in [-0.39, 0.29) is 5.56 Å². The predicted octanol–water partition coefficient (Wildman–Crippen LogP) is 4.76. The highest BCUT2D eigenvalue weighted by Gasteiger charge is 3.02. The molecule has 0 radical (unpaired) electrons. The van der Waals surface area contributed by atoms with Gasteiger partial charge in [-0.3, -0.25) is 4.79 Å². The van der Waals surface area contributed by atoms with Crippen LogP contribution in [0.1, 0.15) is 18.5 Å². The number of alkyl halides is 11. The Morgan fingerprint density at radius 3 is 1.46 bits per heavy atom. The van der Waals surface area contributed by atoms with Gasteiger partial charge in [-0.15, -0.1) is 0 Å². The molecule has 0 bridgehead atoms. The largest absolute Gasteiger partial charge is 0.384 e. The zero-order valence-corrected chi connectivity index (χ0v) is 13.5. The van der Waals surface area contributed by atoms with Gasteiger partial charge in [0.25, 0.3) is 5.91 Å². The Morgan fingerprint density at radius 1 is 0.714 bits per heavy atom. The lowest BCUT2D eigenvalue weighted by molar-refractivity contribution is -0.476. The lowest BCUT2D eigenvalue weighted by Gasteiger charge is -2.51.